The first-order valence-corrected chi connectivity index (χ1v) is 10.3. The summed E-state index contributed by atoms with van der Waals surface area (Å²) < 4.78 is 5.66. The number of fused-ring (bicyclic) bond motifs is 1. The summed E-state index contributed by atoms with van der Waals surface area (Å²) in [7, 11) is 0. The van der Waals surface area contributed by atoms with Crippen LogP contribution in [0.15, 0.2) is 28.9 Å². The molecule has 0 bridgehead atoms. The lowest BCUT2D eigenvalue weighted by Gasteiger charge is -2.33. The number of rotatable bonds is 5. The van der Waals surface area contributed by atoms with Gasteiger partial charge in [0.2, 0.25) is 0 Å². The maximum atomic E-state index is 12.7. The molecule has 1 fully saturated rings. The predicted octanol–water partition coefficient (Wildman–Crippen LogP) is 4.18. The lowest BCUT2D eigenvalue weighted by Crippen LogP contribution is -2.40. The number of piperidine rings is 1. The Morgan fingerprint density at radius 2 is 2.04 bits per heavy atom. The molecule has 2 aromatic rings. The fraction of sp³-hybridized carbons (Fsp3) is 0.550. The van der Waals surface area contributed by atoms with Crippen molar-refractivity contribution < 1.29 is 9.21 Å². The van der Waals surface area contributed by atoms with E-state index in [2.05, 4.69) is 16.3 Å². The average molecular weight is 359 g/mol. The standard InChI is InChI=1S/C20H26N2O2S/c23-20(19-13-15-7-2-3-9-18(15)25-19)21-14-16(17-8-6-12-24-17)22-10-4-1-5-11-22/h6,8,12-13,16H,1-5,7,9-11,14H2,(H,21,23)/t16-/m1/s1. The van der Waals surface area contributed by atoms with E-state index in [1.807, 2.05) is 12.1 Å². The van der Waals surface area contributed by atoms with E-state index in [1.54, 1.807) is 17.6 Å². The molecule has 0 unspecified atom stereocenters. The van der Waals surface area contributed by atoms with Gasteiger partial charge < -0.3 is 9.73 Å². The summed E-state index contributed by atoms with van der Waals surface area (Å²) in [5, 5.41) is 3.16. The highest BCUT2D eigenvalue weighted by atomic mass is 32.1. The third-order valence-electron chi connectivity index (χ3n) is 5.38. The normalized spacial score (nSPS) is 19.4. The van der Waals surface area contributed by atoms with Crippen LogP contribution in [0.4, 0.5) is 0 Å². The smallest absolute Gasteiger partial charge is 0.261 e. The van der Waals surface area contributed by atoms with Gasteiger partial charge >= 0.3 is 0 Å². The van der Waals surface area contributed by atoms with E-state index in [-0.39, 0.29) is 11.9 Å². The molecule has 1 aliphatic carbocycles. The second-order valence-electron chi connectivity index (χ2n) is 7.10. The van der Waals surface area contributed by atoms with E-state index >= 15 is 0 Å². The lowest BCUT2D eigenvalue weighted by molar-refractivity contribution is 0.0918. The second kappa shape index (κ2) is 7.75. The van der Waals surface area contributed by atoms with Crippen molar-refractivity contribution in [3.05, 3.63) is 45.5 Å². The predicted molar refractivity (Wildman–Crippen MR) is 100 cm³/mol. The molecular formula is C20H26N2O2S. The molecule has 2 aromatic heterocycles. The highest BCUT2D eigenvalue weighted by molar-refractivity contribution is 7.14. The molecule has 1 atom stereocenters. The summed E-state index contributed by atoms with van der Waals surface area (Å²) >= 11 is 1.68. The van der Waals surface area contributed by atoms with Crippen molar-refractivity contribution in [3.63, 3.8) is 0 Å². The molecule has 1 saturated heterocycles. The molecule has 0 spiro atoms. The molecule has 3 heterocycles. The van der Waals surface area contributed by atoms with Crippen molar-refractivity contribution >= 4 is 17.2 Å². The summed E-state index contributed by atoms with van der Waals surface area (Å²) in [6, 6.07) is 6.20. The molecule has 1 N–H and O–H groups in total. The van der Waals surface area contributed by atoms with Gasteiger partial charge in [0, 0.05) is 11.4 Å². The molecule has 1 aliphatic heterocycles. The highest BCUT2D eigenvalue weighted by Crippen LogP contribution is 2.30. The summed E-state index contributed by atoms with van der Waals surface area (Å²) in [5.41, 5.74) is 1.39. The van der Waals surface area contributed by atoms with Gasteiger partial charge in [0.1, 0.15) is 5.76 Å². The van der Waals surface area contributed by atoms with E-state index < -0.39 is 0 Å². The van der Waals surface area contributed by atoms with Crippen LogP contribution in [0.2, 0.25) is 0 Å². The van der Waals surface area contributed by atoms with Crippen LogP contribution in [0.5, 0.6) is 0 Å². The molecule has 0 aromatic carbocycles. The van der Waals surface area contributed by atoms with Crippen LogP contribution in [-0.2, 0) is 12.8 Å². The molecule has 134 valence electrons. The van der Waals surface area contributed by atoms with Gasteiger partial charge in [0.25, 0.3) is 5.91 Å². The molecule has 2 aliphatic rings. The number of furan rings is 1. The minimum atomic E-state index is 0.0629. The number of thiophene rings is 1. The van der Waals surface area contributed by atoms with Crippen molar-refractivity contribution in [1.29, 1.82) is 0 Å². The summed E-state index contributed by atoms with van der Waals surface area (Å²) in [6.45, 7) is 2.76. The maximum Gasteiger partial charge on any atom is 0.261 e. The van der Waals surface area contributed by atoms with Crippen LogP contribution in [0.25, 0.3) is 0 Å². The van der Waals surface area contributed by atoms with Crippen LogP contribution >= 0.6 is 11.3 Å². The van der Waals surface area contributed by atoms with Crippen LogP contribution in [0, 0.1) is 0 Å². The Labute approximate surface area is 153 Å². The average Bonchev–Trinajstić information content (AvgIpc) is 3.32. The Balaban J connectivity index is 1.43. The van der Waals surface area contributed by atoms with Crippen molar-refractivity contribution in [1.82, 2.24) is 10.2 Å². The third kappa shape index (κ3) is 3.82. The molecule has 4 nitrogen and oxygen atoms in total. The number of amides is 1. The zero-order chi connectivity index (χ0) is 17.1. The van der Waals surface area contributed by atoms with Gasteiger partial charge in [-0.2, -0.15) is 0 Å². The lowest BCUT2D eigenvalue weighted by atomic mass is 9.99. The van der Waals surface area contributed by atoms with Crippen molar-refractivity contribution in [3.8, 4) is 0 Å². The van der Waals surface area contributed by atoms with Gasteiger partial charge in [-0.3, -0.25) is 9.69 Å². The number of aryl methyl sites for hydroxylation is 2. The highest BCUT2D eigenvalue weighted by Gasteiger charge is 2.25. The Hall–Kier alpha value is -1.59. The SMILES string of the molecule is O=C(NC[C@H](c1ccco1)N1CCCCC1)c1cc2c(s1)CCCC2. The van der Waals surface area contributed by atoms with E-state index in [0.29, 0.717) is 6.54 Å². The molecule has 4 rings (SSSR count). The van der Waals surface area contributed by atoms with Crippen LogP contribution in [0.3, 0.4) is 0 Å². The molecule has 0 radical (unpaired) electrons. The van der Waals surface area contributed by atoms with Crippen molar-refractivity contribution in [2.24, 2.45) is 0 Å². The van der Waals surface area contributed by atoms with Crippen LogP contribution in [0.1, 0.15) is 64.0 Å². The molecular weight excluding hydrogens is 332 g/mol. The fourth-order valence-corrected chi connectivity index (χ4v) is 5.17. The molecule has 25 heavy (non-hydrogen) atoms. The quantitative estimate of drug-likeness (QED) is 0.872. The molecule has 1 amide bonds. The number of carbonyl (C=O) groups is 1. The number of hydrogen-bond acceptors (Lipinski definition) is 4. The first kappa shape index (κ1) is 16.9. The second-order valence-corrected chi connectivity index (χ2v) is 8.24. The fourth-order valence-electron chi connectivity index (χ4n) is 4.00. The van der Waals surface area contributed by atoms with Gasteiger partial charge in [-0.1, -0.05) is 6.42 Å². The number of nitrogens with one attached hydrogen (secondary N) is 1. The van der Waals surface area contributed by atoms with Gasteiger partial charge in [-0.05, 0) is 75.4 Å². The van der Waals surface area contributed by atoms with Crippen LogP contribution in [-0.4, -0.2) is 30.4 Å². The number of carbonyl (C=O) groups excluding carboxylic acids is 1. The Morgan fingerprint density at radius 1 is 1.20 bits per heavy atom. The third-order valence-corrected chi connectivity index (χ3v) is 6.62. The van der Waals surface area contributed by atoms with Crippen molar-refractivity contribution in [2.75, 3.05) is 19.6 Å². The molecule has 0 saturated carbocycles. The van der Waals surface area contributed by atoms with E-state index in [0.717, 1.165) is 36.6 Å². The number of hydrogen-bond donors (Lipinski definition) is 1. The topological polar surface area (TPSA) is 45.5 Å². The van der Waals surface area contributed by atoms with Gasteiger partial charge in [0.15, 0.2) is 0 Å². The van der Waals surface area contributed by atoms with Crippen LogP contribution < -0.4 is 5.32 Å². The summed E-state index contributed by atoms with van der Waals surface area (Å²) in [6.07, 6.45) is 10.2. The minimum absolute atomic E-state index is 0.0629. The first-order chi connectivity index (χ1) is 12.3. The zero-order valence-corrected chi connectivity index (χ0v) is 15.4. The van der Waals surface area contributed by atoms with E-state index in [4.69, 9.17) is 4.42 Å². The minimum Gasteiger partial charge on any atom is -0.468 e. The summed E-state index contributed by atoms with van der Waals surface area (Å²) in [4.78, 5) is 17.4. The first-order valence-electron chi connectivity index (χ1n) is 9.48. The Bertz CT molecular complexity index is 678. The monoisotopic (exact) mass is 358 g/mol. The van der Waals surface area contributed by atoms with Gasteiger partial charge in [0.05, 0.1) is 17.2 Å². The van der Waals surface area contributed by atoms with Gasteiger partial charge in [-0.15, -0.1) is 11.3 Å². The zero-order valence-electron chi connectivity index (χ0n) is 14.6. The number of nitrogens with zero attached hydrogens (tertiary/aromatic N) is 1. The summed E-state index contributed by atoms with van der Waals surface area (Å²) in [5.74, 6) is 1.01. The van der Waals surface area contributed by atoms with E-state index in [9.17, 15) is 4.79 Å². The van der Waals surface area contributed by atoms with Crippen molar-refractivity contribution in [2.45, 2.75) is 51.0 Å². The Morgan fingerprint density at radius 3 is 2.80 bits per heavy atom. The Kier molecular flexibility index (Phi) is 5.22. The van der Waals surface area contributed by atoms with Gasteiger partial charge in [-0.25, -0.2) is 0 Å². The number of likely N-dealkylation sites (tertiary alicyclic amines) is 1. The largest absolute Gasteiger partial charge is 0.468 e. The molecule has 5 heteroatoms. The maximum absolute atomic E-state index is 12.7. The van der Waals surface area contributed by atoms with E-state index in [1.165, 1.54) is 42.5 Å².